The number of nitrogens with one attached hydrogen (secondary N) is 1. The summed E-state index contributed by atoms with van der Waals surface area (Å²) in [4.78, 5) is 11.2. The van der Waals surface area contributed by atoms with E-state index in [4.69, 9.17) is 14.6 Å². The van der Waals surface area contributed by atoms with Crippen LogP contribution in [0.1, 0.15) is 18.1 Å². The minimum atomic E-state index is -0.987. The number of carbonyl (C=O) groups excluding carboxylic acids is 1. The molecule has 1 amide bonds. The summed E-state index contributed by atoms with van der Waals surface area (Å²) in [5.74, 6) is 1.17. The Balaban J connectivity index is 2.74. The van der Waals surface area contributed by atoms with Crippen LogP contribution in [0.5, 0.6) is 11.5 Å². The van der Waals surface area contributed by atoms with Gasteiger partial charge in [-0.1, -0.05) is 6.07 Å². The van der Waals surface area contributed by atoms with E-state index in [2.05, 4.69) is 5.32 Å². The SMILES string of the molecule is COc1ccc(CCNC(=O)C(C)O)c(OC)c1C. The van der Waals surface area contributed by atoms with E-state index < -0.39 is 6.10 Å². The zero-order chi connectivity index (χ0) is 14.4. The molecule has 0 fully saturated rings. The summed E-state index contributed by atoms with van der Waals surface area (Å²) < 4.78 is 10.6. The second-order valence-electron chi connectivity index (χ2n) is 4.30. The van der Waals surface area contributed by atoms with Crippen LogP contribution in [0.3, 0.4) is 0 Å². The fourth-order valence-electron chi connectivity index (χ4n) is 1.90. The van der Waals surface area contributed by atoms with Crippen molar-refractivity contribution in [3.8, 4) is 11.5 Å². The highest BCUT2D eigenvalue weighted by atomic mass is 16.5. The number of aliphatic hydroxyl groups is 1. The monoisotopic (exact) mass is 267 g/mol. The van der Waals surface area contributed by atoms with Crippen molar-refractivity contribution in [3.63, 3.8) is 0 Å². The zero-order valence-corrected chi connectivity index (χ0v) is 11.8. The van der Waals surface area contributed by atoms with Gasteiger partial charge in [0.05, 0.1) is 14.2 Å². The number of rotatable bonds is 6. The van der Waals surface area contributed by atoms with Gasteiger partial charge in [0.1, 0.15) is 17.6 Å². The van der Waals surface area contributed by atoms with Gasteiger partial charge >= 0.3 is 0 Å². The number of amides is 1. The quantitative estimate of drug-likeness (QED) is 0.808. The van der Waals surface area contributed by atoms with Gasteiger partial charge in [0.25, 0.3) is 0 Å². The predicted molar refractivity (Wildman–Crippen MR) is 72.7 cm³/mol. The number of carbonyl (C=O) groups is 1. The van der Waals surface area contributed by atoms with Crippen molar-refractivity contribution >= 4 is 5.91 Å². The summed E-state index contributed by atoms with van der Waals surface area (Å²) in [6, 6.07) is 3.79. The first kappa shape index (κ1) is 15.3. The molecule has 0 radical (unpaired) electrons. The topological polar surface area (TPSA) is 67.8 Å². The smallest absolute Gasteiger partial charge is 0.248 e. The highest BCUT2D eigenvalue weighted by molar-refractivity contribution is 5.79. The van der Waals surface area contributed by atoms with Crippen molar-refractivity contribution in [2.24, 2.45) is 0 Å². The Labute approximate surface area is 113 Å². The predicted octanol–water partition coefficient (Wildman–Crippen LogP) is 1.05. The molecule has 0 heterocycles. The molecule has 19 heavy (non-hydrogen) atoms. The third kappa shape index (κ3) is 3.86. The average molecular weight is 267 g/mol. The maximum absolute atomic E-state index is 11.2. The van der Waals surface area contributed by atoms with Gasteiger partial charge in [-0.2, -0.15) is 0 Å². The Morgan fingerprint density at radius 1 is 1.37 bits per heavy atom. The van der Waals surface area contributed by atoms with Crippen LogP contribution in [-0.2, 0) is 11.2 Å². The molecule has 1 unspecified atom stereocenters. The number of hydrogen-bond acceptors (Lipinski definition) is 4. The Bertz CT molecular complexity index is 443. The summed E-state index contributed by atoms with van der Waals surface area (Å²) in [6.45, 7) is 3.81. The maximum Gasteiger partial charge on any atom is 0.248 e. The van der Waals surface area contributed by atoms with Gasteiger partial charge in [-0.3, -0.25) is 4.79 Å². The van der Waals surface area contributed by atoms with E-state index in [-0.39, 0.29) is 5.91 Å². The summed E-state index contributed by atoms with van der Waals surface area (Å²) >= 11 is 0. The van der Waals surface area contributed by atoms with Gasteiger partial charge in [-0.05, 0) is 31.9 Å². The van der Waals surface area contributed by atoms with Gasteiger partial charge in [0.15, 0.2) is 0 Å². The van der Waals surface area contributed by atoms with E-state index >= 15 is 0 Å². The lowest BCUT2D eigenvalue weighted by Crippen LogP contribution is -2.33. The number of benzene rings is 1. The molecule has 2 N–H and O–H groups in total. The lowest BCUT2D eigenvalue weighted by atomic mass is 10.1. The number of methoxy groups -OCH3 is 2. The van der Waals surface area contributed by atoms with Crippen LogP contribution in [0.25, 0.3) is 0 Å². The van der Waals surface area contributed by atoms with Crippen LogP contribution in [0, 0.1) is 6.92 Å². The van der Waals surface area contributed by atoms with E-state index in [0.29, 0.717) is 13.0 Å². The highest BCUT2D eigenvalue weighted by Gasteiger charge is 2.12. The Kier molecular flexibility index (Phi) is 5.63. The lowest BCUT2D eigenvalue weighted by Gasteiger charge is -2.15. The molecule has 5 heteroatoms. The maximum atomic E-state index is 11.2. The Hall–Kier alpha value is -1.75. The van der Waals surface area contributed by atoms with Crippen LogP contribution in [0.2, 0.25) is 0 Å². The van der Waals surface area contributed by atoms with Gasteiger partial charge < -0.3 is 19.9 Å². The van der Waals surface area contributed by atoms with Gasteiger partial charge in [-0.15, -0.1) is 0 Å². The van der Waals surface area contributed by atoms with Gasteiger partial charge in [0, 0.05) is 12.1 Å². The molecule has 1 aromatic rings. The van der Waals surface area contributed by atoms with Gasteiger partial charge in [0.2, 0.25) is 5.91 Å². The van der Waals surface area contributed by atoms with Crippen molar-refractivity contribution in [2.45, 2.75) is 26.4 Å². The second-order valence-corrected chi connectivity index (χ2v) is 4.30. The molecule has 0 spiro atoms. The highest BCUT2D eigenvalue weighted by Crippen LogP contribution is 2.31. The zero-order valence-electron chi connectivity index (χ0n) is 11.8. The average Bonchev–Trinajstić information content (AvgIpc) is 2.38. The molecule has 0 saturated carbocycles. The standard InChI is InChI=1S/C14H21NO4/c1-9-12(18-3)6-5-11(13(9)19-4)7-8-15-14(17)10(2)16/h5-6,10,16H,7-8H2,1-4H3,(H,15,17). The molecule has 1 rings (SSSR count). The summed E-state index contributed by atoms with van der Waals surface area (Å²) in [7, 11) is 3.23. The van der Waals surface area contributed by atoms with Crippen molar-refractivity contribution in [2.75, 3.05) is 20.8 Å². The minimum Gasteiger partial charge on any atom is -0.496 e. The molecule has 0 bridgehead atoms. The Morgan fingerprint density at radius 2 is 2.05 bits per heavy atom. The first-order chi connectivity index (χ1) is 9.01. The van der Waals surface area contributed by atoms with Crippen molar-refractivity contribution in [3.05, 3.63) is 23.3 Å². The molecule has 0 aliphatic rings. The van der Waals surface area contributed by atoms with E-state index in [9.17, 15) is 4.79 Å². The molecular weight excluding hydrogens is 246 g/mol. The van der Waals surface area contributed by atoms with Crippen LogP contribution < -0.4 is 14.8 Å². The first-order valence-electron chi connectivity index (χ1n) is 6.17. The first-order valence-corrected chi connectivity index (χ1v) is 6.17. The normalized spacial score (nSPS) is 11.8. The van der Waals surface area contributed by atoms with Crippen molar-refractivity contribution in [1.29, 1.82) is 0 Å². The number of hydrogen-bond donors (Lipinski definition) is 2. The number of ether oxygens (including phenoxy) is 2. The molecule has 1 atom stereocenters. The molecule has 106 valence electrons. The second kappa shape index (κ2) is 6.99. The molecule has 0 saturated heterocycles. The largest absolute Gasteiger partial charge is 0.496 e. The molecule has 5 nitrogen and oxygen atoms in total. The van der Waals surface area contributed by atoms with E-state index in [1.54, 1.807) is 14.2 Å². The van der Waals surface area contributed by atoms with Crippen LogP contribution in [-0.4, -0.2) is 37.9 Å². The fourth-order valence-corrected chi connectivity index (χ4v) is 1.90. The molecule has 1 aromatic carbocycles. The molecule has 0 aliphatic carbocycles. The summed E-state index contributed by atoms with van der Waals surface area (Å²) in [5.41, 5.74) is 1.93. The van der Waals surface area contributed by atoms with Crippen LogP contribution >= 0.6 is 0 Å². The fraction of sp³-hybridized carbons (Fsp3) is 0.500. The molecule has 0 aliphatic heterocycles. The Morgan fingerprint density at radius 3 is 2.58 bits per heavy atom. The van der Waals surface area contributed by atoms with E-state index in [1.165, 1.54) is 6.92 Å². The van der Waals surface area contributed by atoms with Crippen LogP contribution in [0.15, 0.2) is 12.1 Å². The minimum absolute atomic E-state index is 0.371. The van der Waals surface area contributed by atoms with E-state index in [1.807, 2.05) is 19.1 Å². The third-order valence-corrected chi connectivity index (χ3v) is 2.93. The van der Waals surface area contributed by atoms with Crippen LogP contribution in [0.4, 0.5) is 0 Å². The van der Waals surface area contributed by atoms with E-state index in [0.717, 1.165) is 22.6 Å². The van der Waals surface area contributed by atoms with Crippen molar-refractivity contribution in [1.82, 2.24) is 5.32 Å². The molecular formula is C14H21NO4. The van der Waals surface area contributed by atoms with Crippen molar-refractivity contribution < 1.29 is 19.4 Å². The molecule has 0 aromatic heterocycles. The number of aliphatic hydroxyl groups excluding tert-OH is 1. The van der Waals surface area contributed by atoms with Gasteiger partial charge in [-0.25, -0.2) is 0 Å². The summed E-state index contributed by atoms with van der Waals surface area (Å²) in [6.07, 6.45) is -0.355. The summed E-state index contributed by atoms with van der Waals surface area (Å²) in [5, 5.41) is 11.7. The lowest BCUT2D eigenvalue weighted by molar-refractivity contribution is -0.128. The third-order valence-electron chi connectivity index (χ3n) is 2.93.